The minimum Gasteiger partial charge on any atom is -0.300 e. The van der Waals surface area contributed by atoms with Crippen molar-refractivity contribution in [3.8, 4) is 22.3 Å². The van der Waals surface area contributed by atoms with Gasteiger partial charge in [-0.3, -0.25) is 0 Å². The molecule has 10 aromatic rings. The molecule has 0 saturated heterocycles. The van der Waals surface area contributed by atoms with Crippen LogP contribution in [0.4, 0.5) is 5.69 Å². The van der Waals surface area contributed by atoms with Gasteiger partial charge in [0.1, 0.15) is 0 Å². The lowest BCUT2D eigenvalue weighted by Crippen LogP contribution is -2.21. The Morgan fingerprint density at radius 1 is 0.426 bits per heavy atom. The molecule has 54 heavy (non-hydrogen) atoms. The topological polar surface area (TPSA) is 47.9 Å². The fraction of sp³-hybridized carbons (Fsp3) is 0. The quantitative estimate of drug-likeness (QED) is 0.108. The molecule has 10 rings (SSSR count). The van der Waals surface area contributed by atoms with Crippen molar-refractivity contribution in [1.82, 2.24) is 5.43 Å². The van der Waals surface area contributed by atoms with Gasteiger partial charge < -0.3 is 16.3 Å². The molecule has 0 fully saturated rings. The Labute approximate surface area is 321 Å². The first-order valence-electron chi connectivity index (χ1n) is 18.0. The van der Waals surface area contributed by atoms with Crippen molar-refractivity contribution in [2.45, 2.75) is 0 Å². The third kappa shape index (κ3) is 5.90. The molecule has 0 unspecified atom stereocenters. The molecule has 3 N–H and O–H groups in total. The van der Waals surface area contributed by atoms with Crippen molar-refractivity contribution in [2.75, 3.05) is 5.43 Å². The van der Waals surface area contributed by atoms with Crippen molar-refractivity contribution < 1.29 is 0 Å². The Hall–Kier alpha value is -6.53. The van der Waals surface area contributed by atoms with Crippen LogP contribution in [-0.4, -0.2) is 5.71 Å². The Kier molecular flexibility index (Phi) is 8.02. The monoisotopic (exact) mass is 727 g/mol. The lowest BCUT2D eigenvalue weighted by atomic mass is 9.93. The molecule has 2 heterocycles. The van der Waals surface area contributed by atoms with E-state index in [0.717, 1.165) is 55.5 Å². The highest BCUT2D eigenvalue weighted by atomic mass is 32.1. The number of hydrogen-bond donors (Lipinski definition) is 3. The summed E-state index contributed by atoms with van der Waals surface area (Å²) in [6, 6.07) is 62.2. The summed E-state index contributed by atoms with van der Waals surface area (Å²) >= 11 is 3.66. The SMILES string of the molecule is N=C(/C=C(\NNc1cccc2ccccc12)c1ccccc1)c1cc(-c2ccc3sc4ccccc4c3c2)cc(-c2ccc3sc4ccccc4c3c2)c1. The summed E-state index contributed by atoms with van der Waals surface area (Å²) in [5.41, 5.74) is 15.4. The Bertz CT molecular complexity index is 2940. The van der Waals surface area contributed by atoms with Crippen molar-refractivity contribution in [3.63, 3.8) is 0 Å². The van der Waals surface area contributed by atoms with Gasteiger partial charge in [0.05, 0.1) is 17.1 Å². The highest BCUT2D eigenvalue weighted by Gasteiger charge is 2.14. The van der Waals surface area contributed by atoms with Crippen molar-refractivity contribution >= 4 is 90.9 Å². The predicted octanol–water partition coefficient (Wildman–Crippen LogP) is 13.9. The first kappa shape index (κ1) is 32.1. The zero-order valence-electron chi connectivity index (χ0n) is 29.1. The molecule has 0 aliphatic heterocycles. The van der Waals surface area contributed by atoms with E-state index in [0.29, 0.717) is 5.71 Å². The van der Waals surface area contributed by atoms with Crippen molar-refractivity contribution in [1.29, 1.82) is 5.41 Å². The van der Waals surface area contributed by atoms with Crippen LogP contribution in [0.5, 0.6) is 0 Å². The van der Waals surface area contributed by atoms with E-state index in [-0.39, 0.29) is 0 Å². The minimum absolute atomic E-state index is 0.410. The number of thiophene rings is 2. The summed E-state index contributed by atoms with van der Waals surface area (Å²) in [5, 5.41) is 17.0. The first-order chi connectivity index (χ1) is 26.6. The molecule has 3 nitrogen and oxygen atoms in total. The van der Waals surface area contributed by atoms with E-state index in [1.165, 1.54) is 40.3 Å². The lowest BCUT2D eigenvalue weighted by molar-refractivity contribution is 1.09. The third-order valence-corrected chi connectivity index (χ3v) is 12.5. The van der Waals surface area contributed by atoms with Gasteiger partial charge in [-0.15, -0.1) is 22.7 Å². The second-order valence-corrected chi connectivity index (χ2v) is 15.7. The molecule has 8 aromatic carbocycles. The highest BCUT2D eigenvalue weighted by Crippen LogP contribution is 2.40. The number of allylic oxidation sites excluding steroid dienone is 1. The second-order valence-electron chi connectivity index (χ2n) is 13.5. The lowest BCUT2D eigenvalue weighted by Gasteiger charge is -2.16. The average Bonchev–Trinajstić information content (AvgIpc) is 3.80. The van der Waals surface area contributed by atoms with Gasteiger partial charge in [0.2, 0.25) is 0 Å². The van der Waals surface area contributed by atoms with E-state index < -0.39 is 0 Å². The molecule has 0 aliphatic rings. The predicted molar refractivity (Wildman–Crippen MR) is 235 cm³/mol. The second kappa shape index (κ2) is 13.5. The molecule has 256 valence electrons. The normalized spacial score (nSPS) is 11.9. The van der Waals surface area contributed by atoms with Crippen LogP contribution in [-0.2, 0) is 0 Å². The zero-order valence-corrected chi connectivity index (χ0v) is 30.8. The van der Waals surface area contributed by atoms with Gasteiger partial charge in [-0.1, -0.05) is 115 Å². The fourth-order valence-electron chi connectivity index (χ4n) is 7.43. The van der Waals surface area contributed by atoms with Crippen LogP contribution in [0.1, 0.15) is 11.1 Å². The molecular formula is C49H33N3S2. The van der Waals surface area contributed by atoms with E-state index >= 15 is 0 Å². The summed E-state index contributed by atoms with van der Waals surface area (Å²) in [6.07, 6.45) is 1.93. The van der Waals surface area contributed by atoms with Crippen LogP contribution in [0, 0.1) is 5.41 Å². The number of rotatable bonds is 8. The van der Waals surface area contributed by atoms with E-state index in [1.807, 2.05) is 46.9 Å². The largest absolute Gasteiger partial charge is 0.300 e. The van der Waals surface area contributed by atoms with Crippen LogP contribution in [0.2, 0.25) is 0 Å². The van der Waals surface area contributed by atoms with Crippen LogP contribution >= 0.6 is 22.7 Å². The maximum Gasteiger partial charge on any atom is 0.0634 e. The Morgan fingerprint density at radius 2 is 0.963 bits per heavy atom. The molecule has 0 bridgehead atoms. The Balaban J connectivity index is 1.10. The van der Waals surface area contributed by atoms with Gasteiger partial charge in [0, 0.05) is 51.3 Å². The molecule has 0 spiro atoms. The summed E-state index contributed by atoms with van der Waals surface area (Å²) < 4.78 is 5.14. The Morgan fingerprint density at radius 3 is 1.61 bits per heavy atom. The van der Waals surface area contributed by atoms with E-state index in [1.54, 1.807) is 0 Å². The smallest absolute Gasteiger partial charge is 0.0634 e. The van der Waals surface area contributed by atoms with Crippen LogP contribution in [0.15, 0.2) is 182 Å². The van der Waals surface area contributed by atoms with Gasteiger partial charge in [-0.25, -0.2) is 0 Å². The molecule has 0 saturated carbocycles. The van der Waals surface area contributed by atoms with Crippen molar-refractivity contribution in [3.05, 3.63) is 193 Å². The first-order valence-corrected chi connectivity index (χ1v) is 19.6. The molecule has 2 aromatic heterocycles. The van der Waals surface area contributed by atoms with Gasteiger partial charge >= 0.3 is 0 Å². The van der Waals surface area contributed by atoms with Crippen LogP contribution in [0.25, 0.3) is 79.1 Å². The molecule has 0 aliphatic carbocycles. The van der Waals surface area contributed by atoms with Gasteiger partial charge in [-0.05, 0) is 99.9 Å². The minimum atomic E-state index is 0.410. The zero-order chi connectivity index (χ0) is 36.0. The number of hydrazine groups is 1. The average molecular weight is 728 g/mol. The molecular weight excluding hydrogens is 695 g/mol. The van der Waals surface area contributed by atoms with Crippen molar-refractivity contribution in [2.24, 2.45) is 0 Å². The number of hydrogen-bond acceptors (Lipinski definition) is 5. The standard InChI is InChI=1S/C49H33N3S2/c50-43(30-45(32-12-2-1-3-13-32)52-51-44-18-10-14-31-11-4-5-15-38(31)44)37-26-35(33-21-23-48-41(28-33)39-16-6-8-19-46(39)53-48)25-36(27-37)34-22-24-49-42(29-34)40-17-7-9-20-47(40)54-49/h1-30,50-52H/b45-30-,50-43?. The number of benzene rings is 8. The maximum absolute atomic E-state index is 9.63. The number of anilines is 1. The molecule has 0 atom stereocenters. The summed E-state index contributed by atoms with van der Waals surface area (Å²) in [7, 11) is 0. The van der Waals surface area contributed by atoms with Crippen LogP contribution in [0.3, 0.4) is 0 Å². The molecule has 0 radical (unpaired) electrons. The number of fused-ring (bicyclic) bond motifs is 7. The summed E-state index contributed by atoms with van der Waals surface area (Å²) in [6.45, 7) is 0. The fourth-order valence-corrected chi connectivity index (χ4v) is 9.61. The number of nitrogens with one attached hydrogen (secondary N) is 3. The van der Waals surface area contributed by atoms with Gasteiger partial charge in [0.15, 0.2) is 0 Å². The summed E-state index contributed by atoms with van der Waals surface area (Å²) in [4.78, 5) is 0. The third-order valence-electron chi connectivity index (χ3n) is 10.2. The summed E-state index contributed by atoms with van der Waals surface area (Å²) in [5.74, 6) is 0. The molecule has 0 amide bonds. The van der Waals surface area contributed by atoms with Gasteiger partial charge in [-0.2, -0.15) is 0 Å². The maximum atomic E-state index is 9.63. The van der Waals surface area contributed by atoms with E-state index in [2.05, 4.69) is 169 Å². The van der Waals surface area contributed by atoms with E-state index in [4.69, 9.17) is 0 Å². The molecule has 5 heteroatoms. The highest BCUT2D eigenvalue weighted by molar-refractivity contribution is 7.26. The van der Waals surface area contributed by atoms with E-state index in [9.17, 15) is 5.41 Å². The van der Waals surface area contributed by atoms with Crippen LogP contribution < -0.4 is 10.9 Å². The van der Waals surface area contributed by atoms with Gasteiger partial charge in [0.25, 0.3) is 0 Å².